The van der Waals surface area contributed by atoms with Crippen molar-refractivity contribution in [3.05, 3.63) is 29.3 Å². The molecule has 1 heterocycles. The van der Waals surface area contributed by atoms with Crippen LogP contribution in [0.15, 0.2) is 23.2 Å². The van der Waals surface area contributed by atoms with Gasteiger partial charge in [0.25, 0.3) is 5.91 Å². The molecule has 1 fully saturated rings. The molecule has 0 aromatic heterocycles. The molecule has 0 radical (unpaired) electrons. The van der Waals surface area contributed by atoms with Crippen molar-refractivity contribution in [1.82, 2.24) is 4.90 Å². The number of methoxy groups -OCH3 is 1. The number of ether oxygens (including phenoxy) is 1. The Hall–Kier alpha value is -2.08. The average Bonchev–Trinajstić information content (AvgIpc) is 3.08. The van der Waals surface area contributed by atoms with Gasteiger partial charge in [0.1, 0.15) is 0 Å². The van der Waals surface area contributed by atoms with Gasteiger partial charge in [0.05, 0.1) is 6.10 Å². The number of nitrogens with zero attached hydrogens (tertiary/aromatic N) is 2. The summed E-state index contributed by atoms with van der Waals surface area (Å²) in [5, 5.41) is 3.45. The van der Waals surface area contributed by atoms with Gasteiger partial charge in [-0.1, -0.05) is 13.0 Å². The van der Waals surface area contributed by atoms with Crippen molar-refractivity contribution in [3.8, 4) is 0 Å². The molecule has 3 N–H and O–H groups in total. The lowest BCUT2D eigenvalue weighted by Gasteiger charge is -2.45. The van der Waals surface area contributed by atoms with E-state index < -0.39 is 5.54 Å². The summed E-state index contributed by atoms with van der Waals surface area (Å²) in [6.45, 7) is 3.05. The van der Waals surface area contributed by atoms with E-state index in [1.165, 1.54) is 10.5 Å². The van der Waals surface area contributed by atoms with Crippen LogP contribution in [0, 0.1) is 5.41 Å². The molecule has 1 atom stereocenters. The van der Waals surface area contributed by atoms with E-state index in [-0.39, 0.29) is 17.4 Å². The van der Waals surface area contributed by atoms with E-state index in [1.54, 1.807) is 14.2 Å². The Bertz CT molecular complexity index is 782. The molecule has 6 nitrogen and oxygen atoms in total. The predicted octanol–water partition coefficient (Wildman–Crippen LogP) is 2.62. The smallest absolute Gasteiger partial charge is 0.262 e. The topological polar surface area (TPSA) is 80.0 Å². The third kappa shape index (κ3) is 2.49. The number of fused-ring (bicyclic) bond motifs is 3. The fourth-order valence-electron chi connectivity index (χ4n) is 5.31. The Morgan fingerprint density at radius 3 is 2.70 bits per heavy atom. The van der Waals surface area contributed by atoms with Gasteiger partial charge >= 0.3 is 0 Å². The molecule has 0 bridgehead atoms. The number of likely N-dealkylation sites (N-methyl/N-ethyl adjacent to an activating group) is 1. The van der Waals surface area contributed by atoms with Gasteiger partial charge in [-0.15, -0.1) is 0 Å². The Morgan fingerprint density at radius 1 is 1.37 bits per heavy atom. The summed E-state index contributed by atoms with van der Waals surface area (Å²) in [6.07, 6.45) is 5.97. The van der Waals surface area contributed by atoms with Crippen LogP contribution in [0.5, 0.6) is 0 Å². The van der Waals surface area contributed by atoms with Crippen molar-refractivity contribution in [2.24, 2.45) is 16.1 Å². The lowest BCUT2D eigenvalue weighted by Crippen LogP contribution is -2.51. The Morgan fingerprint density at radius 2 is 2.11 bits per heavy atom. The SMILES string of the molecule is CCCNc1ccc2c(c1)C1(N=C(N)N(C)C1=O)C1(CCC(OC)CC1)C2. The first-order chi connectivity index (χ1) is 13.0. The normalized spacial score (nSPS) is 32.3. The minimum atomic E-state index is -0.885. The van der Waals surface area contributed by atoms with E-state index in [4.69, 9.17) is 15.5 Å². The largest absolute Gasteiger partial charge is 0.385 e. The maximum absolute atomic E-state index is 13.5. The Kier molecular flexibility index (Phi) is 4.41. The highest BCUT2D eigenvalue weighted by Crippen LogP contribution is 2.62. The zero-order valence-electron chi connectivity index (χ0n) is 16.5. The molecule has 1 amide bonds. The van der Waals surface area contributed by atoms with Crippen LogP contribution in [-0.2, 0) is 21.5 Å². The summed E-state index contributed by atoms with van der Waals surface area (Å²) >= 11 is 0. The first-order valence-corrected chi connectivity index (χ1v) is 10.0. The highest BCUT2D eigenvalue weighted by Gasteiger charge is 2.66. The van der Waals surface area contributed by atoms with Crippen molar-refractivity contribution in [2.45, 2.75) is 57.1 Å². The van der Waals surface area contributed by atoms with Gasteiger partial charge < -0.3 is 15.8 Å². The molecule has 1 aromatic carbocycles. The van der Waals surface area contributed by atoms with Crippen LogP contribution in [0.25, 0.3) is 0 Å². The van der Waals surface area contributed by atoms with Gasteiger partial charge in [-0.05, 0) is 61.8 Å². The number of carbonyl (C=O) groups is 1. The van der Waals surface area contributed by atoms with E-state index in [0.29, 0.717) is 5.96 Å². The first kappa shape index (κ1) is 18.3. The van der Waals surface area contributed by atoms with Gasteiger partial charge in [-0.2, -0.15) is 0 Å². The average molecular weight is 370 g/mol. The van der Waals surface area contributed by atoms with Crippen molar-refractivity contribution in [1.29, 1.82) is 0 Å². The van der Waals surface area contributed by atoms with Crippen molar-refractivity contribution in [3.63, 3.8) is 0 Å². The van der Waals surface area contributed by atoms with Crippen molar-refractivity contribution in [2.75, 3.05) is 26.0 Å². The van der Waals surface area contributed by atoms with E-state index >= 15 is 0 Å². The Labute approximate surface area is 161 Å². The maximum Gasteiger partial charge on any atom is 0.262 e. The number of hydrogen-bond donors (Lipinski definition) is 2. The second kappa shape index (κ2) is 6.51. The van der Waals surface area contributed by atoms with Gasteiger partial charge in [0.15, 0.2) is 11.5 Å². The number of guanidine groups is 1. The minimum absolute atomic E-state index is 0.0160. The summed E-state index contributed by atoms with van der Waals surface area (Å²) in [6, 6.07) is 6.43. The third-order valence-corrected chi connectivity index (χ3v) is 6.84. The molecule has 1 aromatic rings. The van der Waals surface area contributed by atoms with E-state index in [1.807, 2.05) is 0 Å². The second-order valence-corrected chi connectivity index (χ2v) is 8.24. The van der Waals surface area contributed by atoms with E-state index in [2.05, 4.69) is 30.4 Å². The lowest BCUT2D eigenvalue weighted by atomic mass is 9.61. The number of rotatable bonds is 4. The van der Waals surface area contributed by atoms with Crippen LogP contribution in [0.3, 0.4) is 0 Å². The monoisotopic (exact) mass is 370 g/mol. The molecular weight excluding hydrogens is 340 g/mol. The highest BCUT2D eigenvalue weighted by atomic mass is 16.5. The second-order valence-electron chi connectivity index (χ2n) is 8.24. The van der Waals surface area contributed by atoms with Crippen LogP contribution in [0.1, 0.15) is 50.2 Å². The molecule has 1 aliphatic heterocycles. The molecule has 4 rings (SSSR count). The third-order valence-electron chi connectivity index (χ3n) is 6.84. The quantitative estimate of drug-likeness (QED) is 0.854. The molecule has 6 heteroatoms. The van der Waals surface area contributed by atoms with Crippen molar-refractivity contribution >= 4 is 17.6 Å². The van der Waals surface area contributed by atoms with Gasteiger partial charge in [0, 0.05) is 31.8 Å². The standard InChI is InChI=1S/C21H30N4O2/c1-4-11-23-15-6-5-14-13-20(9-7-16(27-3)8-10-20)21(17(14)12-15)18(26)25(2)19(22)24-21/h5-6,12,16,23H,4,7-11,13H2,1-3H3,(H2,22,24). The summed E-state index contributed by atoms with van der Waals surface area (Å²) < 4.78 is 5.59. The maximum atomic E-state index is 13.5. The molecular formula is C21H30N4O2. The fraction of sp³-hybridized carbons (Fsp3) is 0.619. The fourth-order valence-corrected chi connectivity index (χ4v) is 5.31. The molecule has 1 saturated carbocycles. The number of hydrogen-bond acceptors (Lipinski definition) is 5. The summed E-state index contributed by atoms with van der Waals surface area (Å²) in [4.78, 5) is 19.9. The van der Waals surface area contributed by atoms with Crippen LogP contribution >= 0.6 is 0 Å². The number of nitrogens with two attached hydrogens (primary N) is 1. The number of aliphatic imine (C=N–C) groups is 1. The number of carbonyl (C=O) groups excluding carboxylic acids is 1. The van der Waals surface area contributed by atoms with E-state index in [9.17, 15) is 4.79 Å². The number of nitrogens with one attached hydrogen (secondary N) is 1. The van der Waals surface area contributed by atoms with Gasteiger partial charge in [0.2, 0.25) is 0 Å². The van der Waals surface area contributed by atoms with E-state index in [0.717, 1.165) is 56.3 Å². The molecule has 0 saturated heterocycles. The number of anilines is 1. The molecule has 27 heavy (non-hydrogen) atoms. The van der Waals surface area contributed by atoms with Crippen LogP contribution < -0.4 is 11.1 Å². The summed E-state index contributed by atoms with van der Waals surface area (Å²) in [5.41, 5.74) is 8.38. The Balaban J connectivity index is 1.82. The predicted molar refractivity (Wildman–Crippen MR) is 107 cm³/mol. The summed E-state index contributed by atoms with van der Waals surface area (Å²) in [5.74, 6) is 0.343. The molecule has 146 valence electrons. The van der Waals surface area contributed by atoms with Crippen LogP contribution in [0.4, 0.5) is 5.69 Å². The number of amides is 1. The highest BCUT2D eigenvalue weighted by molar-refractivity contribution is 6.08. The van der Waals surface area contributed by atoms with Crippen molar-refractivity contribution < 1.29 is 9.53 Å². The van der Waals surface area contributed by atoms with Crippen LogP contribution in [-0.4, -0.2) is 43.6 Å². The lowest BCUT2D eigenvalue weighted by molar-refractivity contribution is -0.137. The molecule has 1 unspecified atom stereocenters. The zero-order chi connectivity index (χ0) is 19.2. The molecule has 2 spiro atoms. The molecule has 2 aliphatic carbocycles. The zero-order valence-corrected chi connectivity index (χ0v) is 16.5. The first-order valence-electron chi connectivity index (χ1n) is 10.0. The van der Waals surface area contributed by atoms with Gasteiger partial charge in [-0.25, -0.2) is 4.99 Å². The van der Waals surface area contributed by atoms with Crippen LogP contribution in [0.2, 0.25) is 0 Å². The molecule has 3 aliphatic rings. The number of benzene rings is 1. The van der Waals surface area contributed by atoms with Gasteiger partial charge in [-0.3, -0.25) is 9.69 Å². The minimum Gasteiger partial charge on any atom is -0.385 e. The summed E-state index contributed by atoms with van der Waals surface area (Å²) in [7, 11) is 3.51.